The second-order valence-corrected chi connectivity index (χ2v) is 5.25. The summed E-state index contributed by atoms with van der Waals surface area (Å²) in [5, 5.41) is 0.995. The largest absolute Gasteiger partial charge is 0.332 e. The van der Waals surface area contributed by atoms with Crippen molar-refractivity contribution < 1.29 is 0 Å². The summed E-state index contributed by atoms with van der Waals surface area (Å²) in [7, 11) is 1.99. The van der Waals surface area contributed by atoms with E-state index in [9.17, 15) is 0 Å². The second-order valence-electron chi connectivity index (χ2n) is 4.17. The Labute approximate surface area is 98.1 Å². The first-order chi connectivity index (χ1) is 7.79. The van der Waals surface area contributed by atoms with Crippen LogP contribution in [0.3, 0.4) is 0 Å². The molecule has 0 spiro atoms. The molecule has 0 aliphatic heterocycles. The molecule has 5 heteroatoms. The Bertz CT molecular complexity index is 510. The monoisotopic (exact) mass is 234 g/mol. The zero-order valence-electron chi connectivity index (χ0n) is 9.18. The topological polar surface area (TPSA) is 56.7 Å². The molecular weight excluding hydrogens is 220 g/mol. The van der Waals surface area contributed by atoms with Crippen LogP contribution in [0.15, 0.2) is 12.4 Å². The zero-order chi connectivity index (χ0) is 11.1. The Kier molecular flexibility index (Phi) is 2.29. The van der Waals surface area contributed by atoms with Gasteiger partial charge in [-0.2, -0.15) is 0 Å². The summed E-state index contributed by atoms with van der Waals surface area (Å²) in [5.41, 5.74) is 6.98. The van der Waals surface area contributed by atoms with Crippen molar-refractivity contribution >= 4 is 11.3 Å². The van der Waals surface area contributed by atoms with Crippen molar-refractivity contribution in [1.29, 1.82) is 0 Å². The lowest BCUT2D eigenvalue weighted by Gasteiger charge is -1.95. The maximum Gasteiger partial charge on any atom is 0.168 e. The number of rotatable bonds is 3. The second kappa shape index (κ2) is 3.68. The Morgan fingerprint density at radius 1 is 1.56 bits per heavy atom. The van der Waals surface area contributed by atoms with Crippen molar-refractivity contribution in [2.45, 2.75) is 25.3 Å². The van der Waals surface area contributed by atoms with Gasteiger partial charge in [0.15, 0.2) is 10.8 Å². The number of hydrogen-bond donors (Lipinski definition) is 1. The maximum absolute atomic E-state index is 5.76. The van der Waals surface area contributed by atoms with Gasteiger partial charge in [0.2, 0.25) is 0 Å². The smallest absolute Gasteiger partial charge is 0.168 e. The van der Waals surface area contributed by atoms with Gasteiger partial charge in [-0.05, 0) is 12.8 Å². The lowest BCUT2D eigenvalue weighted by Crippen LogP contribution is -1.96. The van der Waals surface area contributed by atoms with E-state index in [-0.39, 0.29) is 0 Å². The zero-order valence-corrected chi connectivity index (χ0v) is 10.00. The van der Waals surface area contributed by atoms with Crippen LogP contribution in [0.25, 0.3) is 10.8 Å². The predicted octanol–water partition coefficient (Wildman–Crippen LogP) is 1.88. The Morgan fingerprint density at radius 2 is 2.38 bits per heavy atom. The van der Waals surface area contributed by atoms with Gasteiger partial charge in [0.05, 0.1) is 5.69 Å². The maximum atomic E-state index is 5.76. The van der Waals surface area contributed by atoms with Crippen LogP contribution in [0.2, 0.25) is 0 Å². The van der Waals surface area contributed by atoms with Crippen LogP contribution in [0.1, 0.15) is 29.3 Å². The molecule has 0 saturated heterocycles. The highest BCUT2D eigenvalue weighted by Gasteiger charge is 2.29. The van der Waals surface area contributed by atoms with Crippen LogP contribution >= 0.6 is 11.3 Å². The number of aromatic nitrogens is 3. The van der Waals surface area contributed by atoms with Crippen LogP contribution in [0.4, 0.5) is 0 Å². The third-order valence-electron chi connectivity index (χ3n) is 2.89. The SMILES string of the molecule is Cn1ccnc1-c1nc(C2CC2)c(CN)s1. The standard InChI is InChI=1S/C11H14N4S/c1-15-5-4-13-10(15)11-14-9(7-2-3-7)8(6-12)16-11/h4-5,7H,2-3,6,12H2,1H3. The van der Waals surface area contributed by atoms with Crippen molar-refractivity contribution in [1.82, 2.24) is 14.5 Å². The van der Waals surface area contributed by atoms with Crippen molar-refractivity contribution in [2.24, 2.45) is 12.8 Å². The number of nitrogens with two attached hydrogens (primary N) is 1. The fourth-order valence-corrected chi connectivity index (χ4v) is 2.92. The van der Waals surface area contributed by atoms with Gasteiger partial charge >= 0.3 is 0 Å². The van der Waals surface area contributed by atoms with E-state index >= 15 is 0 Å². The number of imidazole rings is 1. The lowest BCUT2D eigenvalue weighted by molar-refractivity contribution is 0.916. The molecule has 0 radical (unpaired) electrons. The number of hydrogen-bond acceptors (Lipinski definition) is 4. The normalized spacial score (nSPS) is 15.6. The molecule has 0 unspecified atom stereocenters. The molecule has 3 rings (SSSR count). The molecule has 1 aliphatic carbocycles. The van der Waals surface area contributed by atoms with E-state index in [0.717, 1.165) is 10.8 Å². The molecule has 84 valence electrons. The van der Waals surface area contributed by atoms with E-state index in [1.807, 2.05) is 17.8 Å². The Morgan fingerprint density at radius 3 is 2.94 bits per heavy atom. The van der Waals surface area contributed by atoms with E-state index in [2.05, 4.69) is 4.98 Å². The van der Waals surface area contributed by atoms with Crippen molar-refractivity contribution in [2.75, 3.05) is 0 Å². The lowest BCUT2D eigenvalue weighted by atomic mass is 10.2. The number of thiazole rings is 1. The first kappa shape index (κ1) is 9.99. The molecule has 2 heterocycles. The summed E-state index contributed by atoms with van der Waals surface area (Å²) in [6.07, 6.45) is 6.26. The molecule has 4 nitrogen and oxygen atoms in total. The van der Waals surface area contributed by atoms with Crippen LogP contribution in [-0.2, 0) is 13.6 Å². The van der Waals surface area contributed by atoms with Crippen LogP contribution in [0, 0.1) is 0 Å². The highest BCUT2D eigenvalue weighted by molar-refractivity contribution is 7.15. The first-order valence-electron chi connectivity index (χ1n) is 5.47. The van der Waals surface area contributed by atoms with Crippen LogP contribution < -0.4 is 5.73 Å². The highest BCUT2D eigenvalue weighted by Crippen LogP contribution is 2.43. The summed E-state index contributed by atoms with van der Waals surface area (Å²) in [4.78, 5) is 10.2. The van der Waals surface area contributed by atoms with Gasteiger partial charge in [-0.3, -0.25) is 0 Å². The summed E-state index contributed by atoms with van der Waals surface area (Å²) in [6.45, 7) is 0.591. The molecular formula is C11H14N4S. The van der Waals surface area contributed by atoms with Gasteiger partial charge in [-0.1, -0.05) is 0 Å². The molecule has 2 N–H and O–H groups in total. The first-order valence-corrected chi connectivity index (χ1v) is 6.28. The quantitative estimate of drug-likeness (QED) is 0.882. The average molecular weight is 234 g/mol. The predicted molar refractivity (Wildman–Crippen MR) is 64.2 cm³/mol. The molecule has 1 fully saturated rings. The fraction of sp³-hybridized carbons (Fsp3) is 0.455. The van der Waals surface area contributed by atoms with E-state index in [4.69, 9.17) is 10.7 Å². The van der Waals surface area contributed by atoms with Gasteiger partial charge in [-0.25, -0.2) is 9.97 Å². The molecule has 0 amide bonds. The van der Waals surface area contributed by atoms with E-state index in [1.165, 1.54) is 23.4 Å². The summed E-state index contributed by atoms with van der Waals surface area (Å²) in [6, 6.07) is 0. The Balaban J connectivity index is 2.05. The minimum Gasteiger partial charge on any atom is -0.332 e. The van der Waals surface area contributed by atoms with Gasteiger partial charge in [0.25, 0.3) is 0 Å². The average Bonchev–Trinajstić information content (AvgIpc) is 2.90. The number of nitrogens with zero attached hydrogens (tertiary/aromatic N) is 3. The molecule has 1 saturated carbocycles. The summed E-state index contributed by atoms with van der Waals surface area (Å²) >= 11 is 1.68. The molecule has 0 aromatic carbocycles. The number of aryl methyl sites for hydroxylation is 1. The molecule has 16 heavy (non-hydrogen) atoms. The minimum absolute atomic E-state index is 0.591. The Hall–Kier alpha value is -1.20. The molecule has 0 atom stereocenters. The summed E-state index contributed by atoms with van der Waals surface area (Å²) in [5.74, 6) is 1.59. The van der Waals surface area contributed by atoms with E-state index in [0.29, 0.717) is 12.5 Å². The van der Waals surface area contributed by atoms with E-state index < -0.39 is 0 Å². The van der Waals surface area contributed by atoms with Gasteiger partial charge in [0, 0.05) is 36.8 Å². The van der Waals surface area contributed by atoms with Gasteiger partial charge in [0.1, 0.15) is 0 Å². The fourth-order valence-electron chi connectivity index (χ4n) is 1.85. The third-order valence-corrected chi connectivity index (χ3v) is 3.98. The highest BCUT2D eigenvalue weighted by atomic mass is 32.1. The van der Waals surface area contributed by atoms with E-state index in [1.54, 1.807) is 17.5 Å². The van der Waals surface area contributed by atoms with Crippen molar-refractivity contribution in [3.05, 3.63) is 23.0 Å². The van der Waals surface area contributed by atoms with Crippen LogP contribution in [-0.4, -0.2) is 14.5 Å². The minimum atomic E-state index is 0.591. The van der Waals surface area contributed by atoms with Crippen molar-refractivity contribution in [3.8, 4) is 10.8 Å². The molecule has 0 bridgehead atoms. The molecule has 2 aromatic heterocycles. The molecule has 2 aromatic rings. The van der Waals surface area contributed by atoms with Gasteiger partial charge in [-0.15, -0.1) is 11.3 Å². The van der Waals surface area contributed by atoms with Crippen molar-refractivity contribution in [3.63, 3.8) is 0 Å². The third kappa shape index (κ3) is 1.56. The summed E-state index contributed by atoms with van der Waals surface area (Å²) < 4.78 is 2.00. The van der Waals surface area contributed by atoms with Crippen LogP contribution in [0.5, 0.6) is 0 Å². The van der Waals surface area contributed by atoms with Gasteiger partial charge < -0.3 is 10.3 Å². The molecule has 1 aliphatic rings.